The molecule has 0 aromatic rings. The second-order valence-corrected chi connectivity index (χ2v) is 7.31. The number of carboxylic acid groups (broad SMARTS) is 1. The zero-order chi connectivity index (χ0) is 14.9. The topological polar surface area (TPSA) is 52.6 Å². The van der Waals surface area contributed by atoms with Crippen LogP contribution in [0.3, 0.4) is 0 Å². The highest BCUT2D eigenvalue weighted by molar-refractivity contribution is 5.79. The van der Waals surface area contributed by atoms with Gasteiger partial charge in [-0.1, -0.05) is 13.3 Å². The Labute approximate surface area is 128 Å². The summed E-state index contributed by atoms with van der Waals surface area (Å²) < 4.78 is 0. The summed E-state index contributed by atoms with van der Waals surface area (Å²) in [6, 6.07) is 1.22. The first kappa shape index (κ1) is 15.3. The maximum atomic E-state index is 11.8. The van der Waals surface area contributed by atoms with E-state index in [1.54, 1.807) is 0 Å². The molecule has 4 heteroatoms. The van der Waals surface area contributed by atoms with Gasteiger partial charge in [0.1, 0.15) is 5.54 Å². The Hall–Kier alpha value is -0.610. The first-order valence-corrected chi connectivity index (χ1v) is 8.90. The molecule has 0 bridgehead atoms. The maximum Gasteiger partial charge on any atom is 0.323 e. The summed E-state index contributed by atoms with van der Waals surface area (Å²) in [5.41, 5.74) is -0.677. The van der Waals surface area contributed by atoms with Gasteiger partial charge in [0.05, 0.1) is 0 Å². The van der Waals surface area contributed by atoms with Crippen LogP contribution in [0.15, 0.2) is 0 Å². The minimum atomic E-state index is -0.677. The van der Waals surface area contributed by atoms with Gasteiger partial charge >= 0.3 is 5.97 Å². The van der Waals surface area contributed by atoms with Crippen molar-refractivity contribution in [2.75, 3.05) is 13.1 Å². The van der Waals surface area contributed by atoms with Crippen molar-refractivity contribution in [2.24, 2.45) is 5.92 Å². The van der Waals surface area contributed by atoms with Crippen molar-refractivity contribution in [3.05, 3.63) is 0 Å². The molecule has 1 aliphatic heterocycles. The fraction of sp³-hybridized carbons (Fsp3) is 0.941. The van der Waals surface area contributed by atoms with Crippen LogP contribution in [0.1, 0.15) is 64.7 Å². The zero-order valence-corrected chi connectivity index (χ0v) is 13.3. The molecule has 3 fully saturated rings. The number of fused-ring (bicyclic) bond motifs is 1. The SMILES string of the molecule is CCNC1(C(=O)O)CCCC(N2CCCC3CCCC32)C1. The Kier molecular flexibility index (Phi) is 4.55. The molecule has 4 nitrogen and oxygen atoms in total. The Morgan fingerprint density at radius 1 is 1.24 bits per heavy atom. The van der Waals surface area contributed by atoms with E-state index >= 15 is 0 Å². The molecule has 3 aliphatic rings. The van der Waals surface area contributed by atoms with E-state index in [9.17, 15) is 9.90 Å². The van der Waals surface area contributed by atoms with Gasteiger partial charge in [-0.05, 0) is 70.4 Å². The van der Waals surface area contributed by atoms with Crippen molar-refractivity contribution in [2.45, 2.75) is 82.3 Å². The first-order chi connectivity index (χ1) is 10.2. The third-order valence-corrected chi connectivity index (χ3v) is 6.15. The summed E-state index contributed by atoms with van der Waals surface area (Å²) in [5, 5.41) is 13.0. The lowest BCUT2D eigenvalue weighted by atomic mass is 9.76. The van der Waals surface area contributed by atoms with E-state index in [0.717, 1.165) is 37.8 Å². The highest BCUT2D eigenvalue weighted by Crippen LogP contribution is 2.41. The normalized spacial score (nSPS) is 40.9. The van der Waals surface area contributed by atoms with Crippen LogP contribution in [0.5, 0.6) is 0 Å². The molecule has 2 aliphatic carbocycles. The minimum Gasteiger partial charge on any atom is -0.480 e. The lowest BCUT2D eigenvalue weighted by Gasteiger charge is -2.48. The van der Waals surface area contributed by atoms with E-state index in [1.165, 1.54) is 45.1 Å². The molecule has 2 N–H and O–H groups in total. The second kappa shape index (κ2) is 6.25. The van der Waals surface area contributed by atoms with Gasteiger partial charge in [-0.15, -0.1) is 0 Å². The lowest BCUT2D eigenvalue weighted by molar-refractivity contribution is -0.148. The summed E-state index contributed by atoms with van der Waals surface area (Å²) in [7, 11) is 0. The van der Waals surface area contributed by atoms with E-state index in [-0.39, 0.29) is 0 Å². The second-order valence-electron chi connectivity index (χ2n) is 7.31. The number of nitrogens with one attached hydrogen (secondary N) is 1. The number of rotatable bonds is 4. The number of nitrogens with zero attached hydrogens (tertiary/aromatic N) is 1. The number of hydrogen-bond donors (Lipinski definition) is 2. The van der Waals surface area contributed by atoms with Gasteiger partial charge in [-0.2, -0.15) is 0 Å². The monoisotopic (exact) mass is 294 g/mol. The Bertz CT molecular complexity index is 383. The van der Waals surface area contributed by atoms with Gasteiger partial charge in [0.2, 0.25) is 0 Å². The molecule has 120 valence electrons. The van der Waals surface area contributed by atoms with Crippen molar-refractivity contribution in [1.29, 1.82) is 0 Å². The molecular formula is C17H30N2O2. The molecule has 3 rings (SSSR count). The Morgan fingerprint density at radius 3 is 2.81 bits per heavy atom. The first-order valence-electron chi connectivity index (χ1n) is 8.90. The van der Waals surface area contributed by atoms with E-state index in [4.69, 9.17) is 0 Å². The molecule has 0 aromatic carbocycles. The third kappa shape index (κ3) is 2.85. The number of carboxylic acids is 1. The van der Waals surface area contributed by atoms with E-state index in [1.807, 2.05) is 6.92 Å². The molecule has 2 saturated carbocycles. The number of carbonyl (C=O) groups is 1. The predicted octanol–water partition coefficient (Wildman–Crippen LogP) is 2.63. The predicted molar refractivity (Wildman–Crippen MR) is 83.4 cm³/mol. The van der Waals surface area contributed by atoms with Gasteiger partial charge in [-0.3, -0.25) is 9.69 Å². The molecule has 4 atom stereocenters. The average molecular weight is 294 g/mol. The van der Waals surface area contributed by atoms with Crippen molar-refractivity contribution in [3.8, 4) is 0 Å². The molecule has 4 unspecified atom stereocenters. The number of piperidine rings is 1. The molecule has 1 saturated heterocycles. The van der Waals surface area contributed by atoms with Gasteiger partial charge < -0.3 is 10.4 Å². The van der Waals surface area contributed by atoms with Crippen LogP contribution in [0, 0.1) is 5.92 Å². The van der Waals surface area contributed by atoms with Crippen LogP contribution in [0.2, 0.25) is 0 Å². The van der Waals surface area contributed by atoms with Crippen LogP contribution >= 0.6 is 0 Å². The van der Waals surface area contributed by atoms with Crippen molar-refractivity contribution < 1.29 is 9.90 Å². The van der Waals surface area contributed by atoms with Gasteiger partial charge in [0.15, 0.2) is 0 Å². The Balaban J connectivity index is 1.74. The molecule has 1 heterocycles. The average Bonchev–Trinajstić information content (AvgIpc) is 2.96. The van der Waals surface area contributed by atoms with E-state index in [0.29, 0.717) is 6.04 Å². The van der Waals surface area contributed by atoms with Gasteiger partial charge in [0.25, 0.3) is 0 Å². The summed E-state index contributed by atoms with van der Waals surface area (Å²) in [4.78, 5) is 14.5. The fourth-order valence-corrected chi connectivity index (χ4v) is 5.24. The maximum absolute atomic E-state index is 11.8. The molecule has 0 spiro atoms. The van der Waals surface area contributed by atoms with Crippen LogP contribution in [-0.2, 0) is 4.79 Å². The number of aliphatic carboxylic acids is 1. The molecular weight excluding hydrogens is 264 g/mol. The molecule has 21 heavy (non-hydrogen) atoms. The zero-order valence-electron chi connectivity index (χ0n) is 13.3. The van der Waals surface area contributed by atoms with Crippen LogP contribution < -0.4 is 5.32 Å². The quantitative estimate of drug-likeness (QED) is 0.837. The number of likely N-dealkylation sites (tertiary alicyclic amines) is 1. The van der Waals surface area contributed by atoms with Crippen molar-refractivity contribution >= 4 is 5.97 Å². The largest absolute Gasteiger partial charge is 0.480 e. The van der Waals surface area contributed by atoms with Gasteiger partial charge in [0, 0.05) is 12.1 Å². The van der Waals surface area contributed by atoms with Gasteiger partial charge in [-0.25, -0.2) is 0 Å². The summed E-state index contributed by atoms with van der Waals surface area (Å²) in [5.74, 6) is 0.244. The number of likely N-dealkylation sites (N-methyl/N-ethyl adjacent to an activating group) is 1. The molecule has 0 radical (unpaired) electrons. The van der Waals surface area contributed by atoms with Crippen molar-refractivity contribution in [3.63, 3.8) is 0 Å². The highest BCUT2D eigenvalue weighted by atomic mass is 16.4. The summed E-state index contributed by atoms with van der Waals surface area (Å²) >= 11 is 0. The highest BCUT2D eigenvalue weighted by Gasteiger charge is 2.46. The lowest BCUT2D eigenvalue weighted by Crippen LogP contribution is -2.60. The minimum absolute atomic E-state index is 0.472. The van der Waals surface area contributed by atoms with E-state index in [2.05, 4.69) is 10.2 Å². The standard InChI is InChI=1S/C17H30N2O2/c1-2-18-17(16(20)21)10-4-8-14(12-17)19-11-5-7-13-6-3-9-15(13)19/h13-15,18H,2-12H2,1H3,(H,20,21). The summed E-state index contributed by atoms with van der Waals surface area (Å²) in [6.45, 7) is 3.95. The fourth-order valence-electron chi connectivity index (χ4n) is 5.24. The van der Waals surface area contributed by atoms with Crippen LogP contribution in [0.4, 0.5) is 0 Å². The summed E-state index contributed by atoms with van der Waals surface area (Å²) in [6.07, 6.45) is 10.6. The van der Waals surface area contributed by atoms with Crippen molar-refractivity contribution in [1.82, 2.24) is 10.2 Å². The molecule has 0 amide bonds. The van der Waals surface area contributed by atoms with E-state index < -0.39 is 11.5 Å². The number of hydrogen-bond acceptors (Lipinski definition) is 3. The third-order valence-electron chi connectivity index (χ3n) is 6.15. The Morgan fingerprint density at radius 2 is 2.05 bits per heavy atom. The molecule has 0 aromatic heterocycles. The smallest absolute Gasteiger partial charge is 0.323 e. The van der Waals surface area contributed by atoms with Crippen LogP contribution in [-0.4, -0.2) is 46.7 Å². The van der Waals surface area contributed by atoms with Crippen LogP contribution in [0.25, 0.3) is 0 Å².